The van der Waals surface area contributed by atoms with Gasteiger partial charge in [0.2, 0.25) is 10.0 Å². The number of hydrogen-bond acceptors (Lipinski definition) is 4. The number of aliphatic hydroxyl groups excluding tert-OH is 1. The highest BCUT2D eigenvalue weighted by atomic mass is 32.2. The van der Waals surface area contributed by atoms with Gasteiger partial charge in [-0.25, -0.2) is 13.1 Å². The van der Waals surface area contributed by atoms with E-state index in [9.17, 15) is 13.5 Å². The summed E-state index contributed by atoms with van der Waals surface area (Å²) in [6.07, 6.45) is 3.89. The molecule has 2 rings (SSSR count). The number of nitrogens with two attached hydrogens (primary N) is 1. The van der Waals surface area contributed by atoms with Gasteiger partial charge in [0.15, 0.2) is 0 Å². The van der Waals surface area contributed by atoms with Crippen molar-refractivity contribution in [2.45, 2.75) is 50.0 Å². The van der Waals surface area contributed by atoms with E-state index in [1.165, 1.54) is 6.07 Å². The fraction of sp³-hybridized carbons (Fsp3) is 0.600. The van der Waals surface area contributed by atoms with Gasteiger partial charge in [-0.15, -0.1) is 0 Å². The smallest absolute Gasteiger partial charge is 0.240 e. The number of nitrogens with one attached hydrogen (secondary N) is 1. The van der Waals surface area contributed by atoms with Gasteiger partial charge in [0, 0.05) is 12.2 Å². The van der Waals surface area contributed by atoms with Crippen molar-refractivity contribution in [2.24, 2.45) is 5.92 Å². The van der Waals surface area contributed by atoms with Gasteiger partial charge in [-0.2, -0.15) is 0 Å². The Morgan fingerprint density at radius 2 is 2.05 bits per heavy atom. The summed E-state index contributed by atoms with van der Waals surface area (Å²) in [5.41, 5.74) is 6.89. The van der Waals surface area contributed by atoms with E-state index in [1.54, 1.807) is 12.1 Å². The van der Waals surface area contributed by atoms with Crippen molar-refractivity contribution in [3.05, 3.63) is 23.8 Å². The molecule has 0 saturated heterocycles. The van der Waals surface area contributed by atoms with Gasteiger partial charge in [-0.3, -0.25) is 0 Å². The summed E-state index contributed by atoms with van der Waals surface area (Å²) in [5, 5.41) is 9.93. The Hall–Kier alpha value is -1.11. The van der Waals surface area contributed by atoms with Crippen LogP contribution < -0.4 is 10.5 Å². The molecule has 1 aliphatic carbocycles. The first kappa shape index (κ1) is 16.3. The third-order valence-corrected chi connectivity index (χ3v) is 5.67. The van der Waals surface area contributed by atoms with E-state index in [2.05, 4.69) is 4.72 Å². The largest absolute Gasteiger partial charge is 0.399 e. The zero-order valence-electron chi connectivity index (χ0n) is 12.4. The zero-order valence-corrected chi connectivity index (χ0v) is 13.2. The van der Waals surface area contributed by atoms with Gasteiger partial charge in [-0.1, -0.05) is 25.8 Å². The molecule has 1 fully saturated rings. The van der Waals surface area contributed by atoms with Crippen molar-refractivity contribution in [1.29, 1.82) is 0 Å². The number of nitrogen functional groups attached to an aromatic ring is 1. The maximum Gasteiger partial charge on any atom is 0.240 e. The van der Waals surface area contributed by atoms with Gasteiger partial charge in [-0.05, 0) is 42.9 Å². The van der Waals surface area contributed by atoms with Gasteiger partial charge in [0.1, 0.15) is 0 Å². The lowest BCUT2D eigenvalue weighted by Gasteiger charge is -2.27. The number of aryl methyl sites for hydroxylation is 1. The van der Waals surface area contributed by atoms with Gasteiger partial charge < -0.3 is 10.8 Å². The molecule has 1 aromatic rings. The molecule has 0 aromatic heterocycles. The highest BCUT2D eigenvalue weighted by Crippen LogP contribution is 2.25. The standard InChI is InChI=1S/C15H24N2O3S/c1-2-11-7-8-13(16)9-15(11)21(19,20)17-10-12-5-3-4-6-14(12)18/h7-9,12,14,17-18H,2-6,10,16H2,1H3. The minimum Gasteiger partial charge on any atom is -0.399 e. The molecule has 5 nitrogen and oxygen atoms in total. The minimum absolute atomic E-state index is 0.000314. The maximum absolute atomic E-state index is 12.5. The van der Waals surface area contributed by atoms with Crippen molar-refractivity contribution in [1.82, 2.24) is 4.72 Å². The molecule has 0 bridgehead atoms. The van der Waals surface area contributed by atoms with Gasteiger partial charge in [0.25, 0.3) is 0 Å². The van der Waals surface area contributed by atoms with Crippen molar-refractivity contribution in [3.8, 4) is 0 Å². The Morgan fingerprint density at radius 3 is 2.71 bits per heavy atom. The summed E-state index contributed by atoms with van der Waals surface area (Å²) in [5.74, 6) is -0.000314. The predicted molar refractivity (Wildman–Crippen MR) is 83.4 cm³/mol. The third kappa shape index (κ3) is 3.96. The quantitative estimate of drug-likeness (QED) is 0.721. The number of rotatable bonds is 5. The fourth-order valence-corrected chi connectivity index (χ4v) is 4.27. The average molecular weight is 312 g/mol. The monoisotopic (exact) mass is 312 g/mol. The lowest BCUT2D eigenvalue weighted by atomic mass is 9.87. The average Bonchev–Trinajstić information content (AvgIpc) is 2.46. The molecule has 4 N–H and O–H groups in total. The Labute approximate surface area is 126 Å². The molecule has 0 aliphatic heterocycles. The molecule has 118 valence electrons. The van der Waals surface area contributed by atoms with Crippen LogP contribution in [0.4, 0.5) is 5.69 Å². The second-order valence-corrected chi connectivity index (χ2v) is 7.42. The summed E-state index contributed by atoms with van der Waals surface area (Å²) in [7, 11) is -3.59. The van der Waals surface area contributed by atoms with Crippen LogP contribution in [0, 0.1) is 5.92 Å². The van der Waals surface area contributed by atoms with Gasteiger partial charge in [0.05, 0.1) is 11.0 Å². The Balaban J connectivity index is 2.13. The topological polar surface area (TPSA) is 92.4 Å². The van der Waals surface area contributed by atoms with Crippen molar-refractivity contribution in [3.63, 3.8) is 0 Å². The number of anilines is 1. The molecule has 1 aliphatic rings. The molecule has 21 heavy (non-hydrogen) atoms. The lowest BCUT2D eigenvalue weighted by molar-refractivity contribution is 0.0724. The summed E-state index contributed by atoms with van der Waals surface area (Å²) in [6, 6.07) is 4.96. The molecule has 0 spiro atoms. The van der Waals surface area contributed by atoms with E-state index >= 15 is 0 Å². The van der Waals surface area contributed by atoms with Crippen LogP contribution in [0.3, 0.4) is 0 Å². The molecule has 2 unspecified atom stereocenters. The maximum atomic E-state index is 12.5. The van der Waals surface area contributed by atoms with Gasteiger partial charge >= 0.3 is 0 Å². The normalized spacial score (nSPS) is 23.1. The first-order valence-electron chi connectivity index (χ1n) is 7.50. The molecular weight excluding hydrogens is 288 g/mol. The number of hydrogen-bond donors (Lipinski definition) is 3. The second kappa shape index (κ2) is 6.77. The zero-order chi connectivity index (χ0) is 15.5. The Kier molecular flexibility index (Phi) is 5.24. The molecule has 1 aromatic carbocycles. The van der Waals surface area contributed by atoms with E-state index in [1.807, 2.05) is 6.92 Å². The number of aliphatic hydroxyl groups is 1. The third-order valence-electron chi connectivity index (χ3n) is 4.17. The van der Waals surface area contributed by atoms with Crippen LogP contribution in [-0.2, 0) is 16.4 Å². The molecule has 0 amide bonds. The van der Waals surface area contributed by atoms with Crippen LogP contribution in [0.5, 0.6) is 0 Å². The van der Waals surface area contributed by atoms with Crippen LogP contribution in [0.25, 0.3) is 0 Å². The lowest BCUT2D eigenvalue weighted by Crippen LogP contribution is -2.37. The fourth-order valence-electron chi connectivity index (χ4n) is 2.83. The Morgan fingerprint density at radius 1 is 1.33 bits per heavy atom. The molecule has 6 heteroatoms. The van der Waals surface area contributed by atoms with Crippen molar-refractivity contribution < 1.29 is 13.5 Å². The van der Waals surface area contributed by atoms with E-state index < -0.39 is 16.1 Å². The SMILES string of the molecule is CCc1ccc(N)cc1S(=O)(=O)NCC1CCCCC1O. The van der Waals surface area contributed by atoms with Crippen LogP contribution in [0.15, 0.2) is 23.1 Å². The van der Waals surface area contributed by atoms with Crippen molar-refractivity contribution >= 4 is 15.7 Å². The second-order valence-electron chi connectivity index (χ2n) is 5.68. The summed E-state index contributed by atoms with van der Waals surface area (Å²) in [6.45, 7) is 2.19. The summed E-state index contributed by atoms with van der Waals surface area (Å²) < 4.78 is 27.6. The molecule has 1 saturated carbocycles. The first-order valence-corrected chi connectivity index (χ1v) is 8.98. The molecule has 2 atom stereocenters. The van der Waals surface area contributed by atoms with Crippen LogP contribution >= 0.6 is 0 Å². The summed E-state index contributed by atoms with van der Waals surface area (Å²) in [4.78, 5) is 0.246. The Bertz CT molecular complexity index is 587. The highest BCUT2D eigenvalue weighted by molar-refractivity contribution is 7.89. The summed E-state index contributed by atoms with van der Waals surface area (Å²) >= 11 is 0. The number of benzene rings is 1. The van der Waals surface area contributed by atoms with Crippen LogP contribution in [0.2, 0.25) is 0 Å². The van der Waals surface area contributed by atoms with E-state index in [-0.39, 0.29) is 17.4 Å². The molecular formula is C15H24N2O3S. The van der Waals surface area contributed by atoms with Crippen molar-refractivity contribution in [2.75, 3.05) is 12.3 Å². The van der Waals surface area contributed by atoms with E-state index in [0.717, 1.165) is 31.2 Å². The van der Waals surface area contributed by atoms with Crippen LogP contribution in [0.1, 0.15) is 38.2 Å². The predicted octanol–water partition coefficient (Wildman–Crippen LogP) is 1.66. The molecule has 0 heterocycles. The van der Waals surface area contributed by atoms with E-state index in [0.29, 0.717) is 12.1 Å². The number of sulfonamides is 1. The highest BCUT2D eigenvalue weighted by Gasteiger charge is 2.26. The first-order chi connectivity index (χ1) is 9.94. The van der Waals surface area contributed by atoms with Crippen LogP contribution in [-0.4, -0.2) is 26.2 Å². The van der Waals surface area contributed by atoms with E-state index in [4.69, 9.17) is 5.73 Å². The minimum atomic E-state index is -3.59. The molecule has 0 radical (unpaired) electrons.